The predicted octanol–water partition coefficient (Wildman–Crippen LogP) is 3.13. The van der Waals surface area contributed by atoms with Gasteiger partial charge in [0.25, 0.3) is 0 Å². The van der Waals surface area contributed by atoms with Gasteiger partial charge in [-0.05, 0) is 30.0 Å². The Balaban J connectivity index is 1.56. The van der Waals surface area contributed by atoms with Crippen LogP contribution in [0.5, 0.6) is 5.75 Å². The van der Waals surface area contributed by atoms with Gasteiger partial charge in [0.05, 0.1) is 0 Å². The Kier molecular flexibility index (Phi) is 3.26. The van der Waals surface area contributed by atoms with E-state index >= 15 is 0 Å². The van der Waals surface area contributed by atoms with Crippen LogP contribution in [0.15, 0.2) is 42.5 Å². The van der Waals surface area contributed by atoms with Crippen molar-refractivity contribution in [1.29, 1.82) is 0 Å². The molecule has 2 aromatic carbocycles. The smallest absolute Gasteiger partial charge is 0.122 e. The SMILES string of the molecule is Cc1cccc(CNCC2Cc3ccccc32)c1O. The average Bonchev–Trinajstić information content (AvgIpc) is 2.39. The monoisotopic (exact) mass is 253 g/mol. The topological polar surface area (TPSA) is 32.3 Å². The van der Waals surface area contributed by atoms with Crippen LogP contribution in [0.1, 0.15) is 28.2 Å². The Morgan fingerprint density at radius 2 is 2.00 bits per heavy atom. The maximum atomic E-state index is 9.95. The van der Waals surface area contributed by atoms with E-state index in [0.29, 0.717) is 11.7 Å². The standard InChI is InChI=1S/C17H19NO/c1-12-5-4-7-14(17(12)19)10-18-11-15-9-13-6-2-3-8-16(13)15/h2-8,15,18-19H,9-11H2,1H3. The fraction of sp³-hybridized carbons (Fsp3) is 0.294. The molecule has 1 aliphatic rings. The van der Waals surface area contributed by atoms with Crippen LogP contribution in [0, 0.1) is 6.92 Å². The fourth-order valence-corrected chi connectivity index (χ4v) is 2.79. The Bertz CT molecular complexity index is 592. The van der Waals surface area contributed by atoms with E-state index in [9.17, 15) is 5.11 Å². The van der Waals surface area contributed by atoms with Crippen LogP contribution in [0.3, 0.4) is 0 Å². The molecule has 2 heteroatoms. The maximum absolute atomic E-state index is 9.95. The summed E-state index contributed by atoms with van der Waals surface area (Å²) in [5, 5.41) is 13.4. The highest BCUT2D eigenvalue weighted by Gasteiger charge is 2.24. The predicted molar refractivity (Wildman–Crippen MR) is 77.4 cm³/mol. The van der Waals surface area contributed by atoms with Gasteiger partial charge in [-0.3, -0.25) is 0 Å². The molecular weight excluding hydrogens is 234 g/mol. The Morgan fingerprint density at radius 1 is 1.16 bits per heavy atom. The lowest BCUT2D eigenvalue weighted by molar-refractivity contribution is 0.457. The third-order valence-corrected chi connectivity index (χ3v) is 3.99. The molecule has 0 fully saturated rings. The van der Waals surface area contributed by atoms with Gasteiger partial charge in [-0.1, -0.05) is 42.5 Å². The van der Waals surface area contributed by atoms with E-state index in [1.54, 1.807) is 0 Å². The number of hydrogen-bond acceptors (Lipinski definition) is 2. The summed E-state index contributed by atoms with van der Waals surface area (Å²) < 4.78 is 0. The number of aromatic hydroxyl groups is 1. The van der Waals surface area contributed by atoms with Crippen molar-refractivity contribution in [3.8, 4) is 5.75 Å². The maximum Gasteiger partial charge on any atom is 0.122 e. The Labute approximate surface area is 114 Å². The molecule has 3 rings (SSSR count). The Hall–Kier alpha value is -1.80. The van der Waals surface area contributed by atoms with Crippen molar-refractivity contribution in [2.75, 3.05) is 6.54 Å². The summed E-state index contributed by atoms with van der Waals surface area (Å²) in [5.41, 5.74) is 4.87. The minimum Gasteiger partial charge on any atom is -0.507 e. The minimum atomic E-state index is 0.420. The van der Waals surface area contributed by atoms with E-state index in [0.717, 1.165) is 24.2 Å². The summed E-state index contributed by atoms with van der Waals surface area (Å²) in [6, 6.07) is 14.5. The molecule has 0 aliphatic heterocycles. The van der Waals surface area contributed by atoms with E-state index in [1.165, 1.54) is 17.5 Å². The summed E-state index contributed by atoms with van der Waals surface area (Å²) in [6.07, 6.45) is 1.17. The van der Waals surface area contributed by atoms with Crippen LogP contribution in [0.2, 0.25) is 0 Å². The number of phenolic OH excluding ortho intramolecular Hbond substituents is 1. The Morgan fingerprint density at radius 3 is 2.84 bits per heavy atom. The molecule has 2 nitrogen and oxygen atoms in total. The van der Waals surface area contributed by atoms with Crippen molar-refractivity contribution >= 4 is 0 Å². The van der Waals surface area contributed by atoms with E-state index in [4.69, 9.17) is 0 Å². The van der Waals surface area contributed by atoms with E-state index in [1.807, 2.05) is 25.1 Å². The molecule has 1 unspecified atom stereocenters. The highest BCUT2D eigenvalue weighted by Crippen LogP contribution is 2.34. The first-order valence-electron chi connectivity index (χ1n) is 6.81. The number of fused-ring (bicyclic) bond motifs is 1. The zero-order valence-corrected chi connectivity index (χ0v) is 11.2. The number of nitrogens with one attached hydrogen (secondary N) is 1. The lowest BCUT2D eigenvalue weighted by atomic mass is 9.77. The molecule has 0 saturated heterocycles. The van der Waals surface area contributed by atoms with E-state index < -0.39 is 0 Å². The summed E-state index contributed by atoms with van der Waals surface area (Å²) in [5.74, 6) is 1.05. The second kappa shape index (κ2) is 5.06. The van der Waals surface area contributed by atoms with Gasteiger partial charge in [-0.25, -0.2) is 0 Å². The zero-order chi connectivity index (χ0) is 13.2. The molecule has 1 aliphatic carbocycles. The number of phenols is 1. The van der Waals surface area contributed by atoms with Gasteiger partial charge in [0.1, 0.15) is 5.75 Å². The summed E-state index contributed by atoms with van der Waals surface area (Å²) >= 11 is 0. The van der Waals surface area contributed by atoms with Gasteiger partial charge in [0.2, 0.25) is 0 Å². The quantitative estimate of drug-likeness (QED) is 0.877. The van der Waals surface area contributed by atoms with Crippen LogP contribution in [0.4, 0.5) is 0 Å². The first-order chi connectivity index (χ1) is 9.25. The van der Waals surface area contributed by atoms with Gasteiger partial charge < -0.3 is 10.4 Å². The van der Waals surface area contributed by atoms with E-state index in [-0.39, 0.29) is 0 Å². The van der Waals surface area contributed by atoms with Gasteiger partial charge in [0.15, 0.2) is 0 Å². The fourth-order valence-electron chi connectivity index (χ4n) is 2.79. The van der Waals surface area contributed by atoms with Gasteiger partial charge in [0, 0.05) is 24.6 Å². The molecule has 1 atom stereocenters. The molecule has 0 spiro atoms. The molecule has 0 aromatic heterocycles. The molecular formula is C17H19NO. The number of rotatable bonds is 4. The molecule has 2 aromatic rings. The number of benzene rings is 2. The zero-order valence-electron chi connectivity index (χ0n) is 11.2. The number of hydrogen-bond donors (Lipinski definition) is 2. The molecule has 98 valence electrons. The second-order valence-electron chi connectivity index (χ2n) is 5.31. The van der Waals surface area contributed by atoms with Gasteiger partial charge in [-0.2, -0.15) is 0 Å². The van der Waals surface area contributed by atoms with Crippen molar-refractivity contribution in [2.24, 2.45) is 0 Å². The molecule has 2 N–H and O–H groups in total. The van der Waals surface area contributed by atoms with Crippen molar-refractivity contribution in [2.45, 2.75) is 25.8 Å². The van der Waals surface area contributed by atoms with Crippen LogP contribution in [0.25, 0.3) is 0 Å². The normalized spacial score (nSPS) is 16.8. The van der Waals surface area contributed by atoms with Crippen molar-refractivity contribution < 1.29 is 5.11 Å². The third-order valence-electron chi connectivity index (χ3n) is 3.99. The second-order valence-corrected chi connectivity index (χ2v) is 5.31. The molecule has 0 saturated carbocycles. The van der Waals surface area contributed by atoms with Crippen LogP contribution >= 0.6 is 0 Å². The van der Waals surface area contributed by atoms with E-state index in [2.05, 4.69) is 29.6 Å². The minimum absolute atomic E-state index is 0.420. The van der Waals surface area contributed by atoms with Crippen LogP contribution in [-0.2, 0) is 13.0 Å². The highest BCUT2D eigenvalue weighted by atomic mass is 16.3. The first-order valence-corrected chi connectivity index (χ1v) is 6.81. The highest BCUT2D eigenvalue weighted by molar-refractivity contribution is 5.41. The molecule has 0 radical (unpaired) electrons. The molecule has 19 heavy (non-hydrogen) atoms. The van der Waals surface area contributed by atoms with Crippen molar-refractivity contribution in [1.82, 2.24) is 5.32 Å². The number of para-hydroxylation sites is 1. The third kappa shape index (κ3) is 2.36. The van der Waals surface area contributed by atoms with Gasteiger partial charge in [-0.15, -0.1) is 0 Å². The molecule has 0 amide bonds. The van der Waals surface area contributed by atoms with Crippen LogP contribution < -0.4 is 5.32 Å². The van der Waals surface area contributed by atoms with Gasteiger partial charge >= 0.3 is 0 Å². The lowest BCUT2D eigenvalue weighted by Crippen LogP contribution is -2.28. The number of aryl methyl sites for hydroxylation is 1. The average molecular weight is 253 g/mol. The lowest BCUT2D eigenvalue weighted by Gasteiger charge is -2.30. The first kappa shape index (κ1) is 12.2. The summed E-state index contributed by atoms with van der Waals surface area (Å²) in [4.78, 5) is 0. The molecule has 0 heterocycles. The van der Waals surface area contributed by atoms with Crippen molar-refractivity contribution in [3.63, 3.8) is 0 Å². The largest absolute Gasteiger partial charge is 0.507 e. The van der Waals surface area contributed by atoms with Crippen LogP contribution in [-0.4, -0.2) is 11.7 Å². The van der Waals surface area contributed by atoms with Crippen molar-refractivity contribution in [3.05, 3.63) is 64.7 Å². The molecule has 0 bridgehead atoms. The summed E-state index contributed by atoms with van der Waals surface area (Å²) in [6.45, 7) is 3.64. The summed E-state index contributed by atoms with van der Waals surface area (Å²) in [7, 11) is 0.